The molecule has 2 aromatic heterocycles. The van der Waals surface area contributed by atoms with Gasteiger partial charge >= 0.3 is 0 Å². The van der Waals surface area contributed by atoms with Crippen LogP contribution in [0.2, 0.25) is 5.02 Å². The van der Waals surface area contributed by atoms with Gasteiger partial charge in [-0.1, -0.05) is 36.6 Å². The molecule has 5 nitrogen and oxygen atoms in total. The van der Waals surface area contributed by atoms with Gasteiger partial charge in [0, 0.05) is 31.2 Å². The number of hydrogen-bond donors (Lipinski definition) is 0. The number of halogens is 1. The van der Waals surface area contributed by atoms with E-state index in [0.717, 1.165) is 73.5 Å². The summed E-state index contributed by atoms with van der Waals surface area (Å²) in [6, 6.07) is 9.97. The summed E-state index contributed by atoms with van der Waals surface area (Å²) in [6.07, 6.45) is 5.70. The van der Waals surface area contributed by atoms with Crippen LogP contribution in [0.4, 0.5) is 5.82 Å². The number of nitrogens with zero attached hydrogens (tertiary/aromatic N) is 4. The second kappa shape index (κ2) is 7.58. The minimum atomic E-state index is -0.387. The lowest BCUT2D eigenvalue weighted by Crippen LogP contribution is -2.54. The van der Waals surface area contributed by atoms with E-state index in [-0.39, 0.29) is 11.3 Å². The van der Waals surface area contributed by atoms with Crippen LogP contribution in [0.15, 0.2) is 42.0 Å². The maximum atomic E-state index is 13.7. The molecule has 0 N–H and O–H groups in total. The van der Waals surface area contributed by atoms with Gasteiger partial charge < -0.3 is 9.80 Å². The molecule has 1 aliphatic carbocycles. The van der Waals surface area contributed by atoms with Gasteiger partial charge in [0.25, 0.3) is 0 Å². The predicted molar refractivity (Wildman–Crippen MR) is 118 cm³/mol. The van der Waals surface area contributed by atoms with E-state index in [1.165, 1.54) is 0 Å². The first kappa shape index (κ1) is 18.8. The van der Waals surface area contributed by atoms with E-state index in [0.29, 0.717) is 5.02 Å². The number of carbonyl (C=O) groups excluding carboxylic acids is 1. The Hall–Kier alpha value is -2.18. The van der Waals surface area contributed by atoms with Crippen LogP contribution < -0.4 is 4.90 Å². The van der Waals surface area contributed by atoms with E-state index >= 15 is 0 Å². The highest BCUT2D eigenvalue weighted by molar-refractivity contribution is 7.16. The monoisotopic (exact) mass is 426 g/mol. The molecule has 3 heterocycles. The molecule has 1 aromatic carbocycles. The molecule has 0 unspecified atom stereocenters. The van der Waals surface area contributed by atoms with Crippen LogP contribution in [0.25, 0.3) is 10.2 Å². The van der Waals surface area contributed by atoms with E-state index in [4.69, 9.17) is 11.6 Å². The average Bonchev–Trinajstić information content (AvgIpc) is 3.44. The van der Waals surface area contributed by atoms with Gasteiger partial charge in [-0.2, -0.15) is 0 Å². The van der Waals surface area contributed by atoms with Crippen molar-refractivity contribution in [1.82, 2.24) is 14.9 Å². The van der Waals surface area contributed by atoms with Crippen LogP contribution in [0, 0.1) is 0 Å². The zero-order valence-electron chi connectivity index (χ0n) is 16.2. The van der Waals surface area contributed by atoms with Crippen LogP contribution in [0.5, 0.6) is 0 Å². The number of thiophene rings is 1. The van der Waals surface area contributed by atoms with Crippen LogP contribution in [0.1, 0.15) is 31.2 Å². The maximum absolute atomic E-state index is 13.7. The summed E-state index contributed by atoms with van der Waals surface area (Å²) in [5.74, 6) is 1.26. The number of amides is 1. The fourth-order valence-corrected chi connectivity index (χ4v) is 5.68. The maximum Gasteiger partial charge on any atom is 0.233 e. The van der Waals surface area contributed by atoms with E-state index < -0.39 is 0 Å². The van der Waals surface area contributed by atoms with Gasteiger partial charge in [-0.3, -0.25) is 4.79 Å². The average molecular weight is 427 g/mol. The van der Waals surface area contributed by atoms with Crippen LogP contribution >= 0.6 is 22.9 Å². The normalized spacial score (nSPS) is 19.1. The fraction of sp³-hybridized carbons (Fsp3) is 0.409. The fourth-order valence-electron chi connectivity index (χ4n) is 4.83. The third kappa shape index (κ3) is 3.28. The van der Waals surface area contributed by atoms with Gasteiger partial charge in [0.15, 0.2) is 0 Å². The van der Waals surface area contributed by atoms with Gasteiger partial charge in [-0.25, -0.2) is 9.97 Å². The number of fused-ring (bicyclic) bond motifs is 1. The summed E-state index contributed by atoms with van der Waals surface area (Å²) in [5.41, 5.74) is 0.727. The standard InChI is InChI=1S/C22H23ClN4OS/c23-17-5-3-16(4-6-17)22(8-1-2-9-22)21(28)27-12-10-26(11-13-27)19-18-7-14-29-20(18)25-15-24-19/h3-7,14-15H,1-2,8-13H2. The summed E-state index contributed by atoms with van der Waals surface area (Å²) >= 11 is 7.72. The predicted octanol–water partition coefficient (Wildman–Crippen LogP) is 4.51. The first-order chi connectivity index (χ1) is 14.2. The smallest absolute Gasteiger partial charge is 0.233 e. The number of anilines is 1. The van der Waals surface area contributed by atoms with Gasteiger partial charge in [0.2, 0.25) is 5.91 Å². The lowest BCUT2D eigenvalue weighted by atomic mass is 9.77. The molecule has 0 spiro atoms. The van der Waals surface area contributed by atoms with Gasteiger partial charge in [0.1, 0.15) is 17.0 Å². The van der Waals surface area contributed by atoms with E-state index in [2.05, 4.69) is 31.2 Å². The summed E-state index contributed by atoms with van der Waals surface area (Å²) in [5, 5.41) is 3.87. The Labute approximate surface area is 179 Å². The summed E-state index contributed by atoms with van der Waals surface area (Å²) in [4.78, 5) is 27.9. The quantitative estimate of drug-likeness (QED) is 0.618. The lowest BCUT2D eigenvalue weighted by Gasteiger charge is -2.40. The number of carbonyl (C=O) groups is 1. The minimum absolute atomic E-state index is 0.278. The summed E-state index contributed by atoms with van der Waals surface area (Å²) in [7, 11) is 0. The first-order valence-electron chi connectivity index (χ1n) is 10.2. The third-order valence-corrected chi connectivity index (χ3v) is 7.44. The molecule has 0 radical (unpaired) electrons. The molecule has 1 saturated heterocycles. The van der Waals surface area contributed by atoms with Crippen molar-refractivity contribution in [3.8, 4) is 0 Å². The van der Waals surface area contributed by atoms with Crippen LogP contribution in [-0.2, 0) is 10.2 Å². The van der Waals surface area contributed by atoms with Gasteiger partial charge in [0.05, 0.1) is 10.8 Å². The van der Waals surface area contributed by atoms with Crippen molar-refractivity contribution in [2.24, 2.45) is 0 Å². The Morgan fingerprint density at radius 1 is 1.00 bits per heavy atom. The Morgan fingerprint density at radius 3 is 2.45 bits per heavy atom. The Morgan fingerprint density at radius 2 is 1.72 bits per heavy atom. The lowest BCUT2D eigenvalue weighted by molar-refractivity contribution is -0.137. The number of rotatable bonds is 3. The topological polar surface area (TPSA) is 49.3 Å². The molecule has 3 aromatic rings. The summed E-state index contributed by atoms with van der Waals surface area (Å²) in [6.45, 7) is 3.04. The second-order valence-electron chi connectivity index (χ2n) is 7.91. The van der Waals surface area contributed by atoms with E-state index in [1.807, 2.05) is 24.3 Å². The molecule has 150 valence electrons. The number of benzene rings is 1. The SMILES string of the molecule is O=C(N1CCN(c2ncnc3sccc23)CC1)C1(c2ccc(Cl)cc2)CCCC1. The Kier molecular flexibility index (Phi) is 4.92. The highest BCUT2D eigenvalue weighted by Crippen LogP contribution is 2.43. The molecular formula is C22H23ClN4OS. The van der Waals surface area contributed by atoms with Gasteiger partial charge in [-0.05, 0) is 42.0 Å². The number of aromatic nitrogens is 2. The largest absolute Gasteiger partial charge is 0.352 e. The third-order valence-electron chi connectivity index (χ3n) is 6.37. The molecule has 2 fully saturated rings. The van der Waals surface area contributed by atoms with Crippen molar-refractivity contribution in [3.63, 3.8) is 0 Å². The molecule has 1 amide bonds. The Bertz CT molecular complexity index is 1020. The van der Waals surface area contributed by atoms with Crippen LogP contribution in [-0.4, -0.2) is 47.0 Å². The number of piperazine rings is 1. The molecule has 29 heavy (non-hydrogen) atoms. The van der Waals surface area contributed by atoms with E-state index in [9.17, 15) is 4.79 Å². The zero-order valence-corrected chi connectivity index (χ0v) is 17.8. The molecule has 1 saturated carbocycles. The zero-order chi connectivity index (χ0) is 19.8. The van der Waals surface area contributed by atoms with Crippen molar-refractivity contribution in [3.05, 3.63) is 52.6 Å². The molecule has 0 atom stereocenters. The molecule has 1 aliphatic heterocycles. The Balaban J connectivity index is 1.35. The molecule has 7 heteroatoms. The second-order valence-corrected chi connectivity index (χ2v) is 9.24. The van der Waals surface area contributed by atoms with Crippen molar-refractivity contribution in [2.75, 3.05) is 31.1 Å². The molecule has 0 bridgehead atoms. The first-order valence-corrected chi connectivity index (χ1v) is 11.4. The molecule has 2 aliphatic rings. The molecular weight excluding hydrogens is 404 g/mol. The van der Waals surface area contributed by atoms with Crippen molar-refractivity contribution in [2.45, 2.75) is 31.1 Å². The summed E-state index contributed by atoms with van der Waals surface area (Å²) < 4.78 is 0. The van der Waals surface area contributed by atoms with Crippen molar-refractivity contribution >= 4 is 44.9 Å². The van der Waals surface area contributed by atoms with Crippen molar-refractivity contribution in [1.29, 1.82) is 0 Å². The highest BCUT2D eigenvalue weighted by atomic mass is 35.5. The minimum Gasteiger partial charge on any atom is -0.352 e. The number of hydrogen-bond acceptors (Lipinski definition) is 5. The van der Waals surface area contributed by atoms with Crippen molar-refractivity contribution < 1.29 is 4.79 Å². The van der Waals surface area contributed by atoms with Gasteiger partial charge in [-0.15, -0.1) is 11.3 Å². The highest BCUT2D eigenvalue weighted by Gasteiger charge is 2.45. The van der Waals surface area contributed by atoms with Crippen LogP contribution in [0.3, 0.4) is 0 Å². The van der Waals surface area contributed by atoms with E-state index in [1.54, 1.807) is 17.7 Å². The molecule has 5 rings (SSSR count).